The highest BCUT2D eigenvalue weighted by Gasteiger charge is 2.23. The van der Waals surface area contributed by atoms with Gasteiger partial charge < -0.3 is 15.1 Å². The van der Waals surface area contributed by atoms with E-state index in [-0.39, 0.29) is 11.9 Å². The molecule has 3 amide bonds. The highest BCUT2D eigenvalue weighted by Crippen LogP contribution is 2.09. The maximum Gasteiger partial charge on any atom is 0.317 e. The molecule has 0 spiro atoms. The normalized spacial score (nSPS) is 14.8. The van der Waals surface area contributed by atoms with Gasteiger partial charge in [0.05, 0.1) is 0 Å². The van der Waals surface area contributed by atoms with Gasteiger partial charge in [-0.2, -0.15) is 0 Å². The van der Waals surface area contributed by atoms with Crippen molar-refractivity contribution < 1.29 is 9.59 Å². The molecule has 0 saturated carbocycles. The number of benzene rings is 1. The summed E-state index contributed by atoms with van der Waals surface area (Å²) in [6.45, 7) is 7.08. The van der Waals surface area contributed by atoms with E-state index >= 15 is 0 Å². The van der Waals surface area contributed by atoms with E-state index < -0.39 is 0 Å². The van der Waals surface area contributed by atoms with Crippen LogP contribution in [0.3, 0.4) is 0 Å². The predicted molar refractivity (Wildman–Crippen MR) is 86.7 cm³/mol. The Hall–Kier alpha value is -2.04. The Morgan fingerprint density at radius 3 is 2.45 bits per heavy atom. The molecule has 1 aliphatic rings. The van der Waals surface area contributed by atoms with Crippen LogP contribution >= 0.6 is 0 Å². The molecule has 0 aliphatic carbocycles. The smallest absolute Gasteiger partial charge is 0.317 e. The topological polar surface area (TPSA) is 52.7 Å². The quantitative estimate of drug-likeness (QED) is 0.922. The first-order valence-corrected chi connectivity index (χ1v) is 7.96. The Morgan fingerprint density at radius 1 is 1.14 bits per heavy atom. The van der Waals surface area contributed by atoms with Gasteiger partial charge >= 0.3 is 6.03 Å². The second kappa shape index (κ2) is 7.82. The molecule has 0 aromatic heterocycles. The van der Waals surface area contributed by atoms with Gasteiger partial charge in [-0.1, -0.05) is 29.8 Å². The third-order valence-electron chi connectivity index (χ3n) is 3.96. The maximum atomic E-state index is 12.3. The molecule has 1 aromatic carbocycles. The van der Waals surface area contributed by atoms with E-state index in [1.54, 1.807) is 4.90 Å². The number of nitrogens with zero attached hydrogens (tertiary/aromatic N) is 2. The first-order chi connectivity index (χ1) is 10.6. The van der Waals surface area contributed by atoms with E-state index in [2.05, 4.69) is 30.4 Å². The molecule has 0 bridgehead atoms. The summed E-state index contributed by atoms with van der Waals surface area (Å²) in [4.78, 5) is 27.6. The van der Waals surface area contributed by atoms with Crippen molar-refractivity contribution in [1.82, 2.24) is 15.1 Å². The third kappa shape index (κ3) is 4.48. The molecule has 1 heterocycles. The van der Waals surface area contributed by atoms with Crippen molar-refractivity contribution in [2.24, 2.45) is 0 Å². The lowest BCUT2D eigenvalue weighted by Gasteiger charge is -2.34. The summed E-state index contributed by atoms with van der Waals surface area (Å²) in [5, 5.41) is 2.79. The lowest BCUT2D eigenvalue weighted by molar-refractivity contribution is -0.132. The molecule has 0 atom stereocenters. The van der Waals surface area contributed by atoms with Crippen molar-refractivity contribution >= 4 is 11.9 Å². The molecule has 5 heteroatoms. The molecular formula is C17H25N3O2. The molecular weight excluding hydrogens is 278 g/mol. The molecule has 5 nitrogen and oxygen atoms in total. The summed E-state index contributed by atoms with van der Waals surface area (Å²) in [5.74, 6) is 0.178. The van der Waals surface area contributed by atoms with Gasteiger partial charge in [0.1, 0.15) is 0 Å². The number of carbonyl (C=O) groups excluding carboxylic acids is 2. The summed E-state index contributed by atoms with van der Waals surface area (Å²) in [5.41, 5.74) is 2.43. The Kier molecular flexibility index (Phi) is 5.81. The van der Waals surface area contributed by atoms with E-state index in [1.165, 1.54) is 11.1 Å². The fourth-order valence-electron chi connectivity index (χ4n) is 2.70. The van der Waals surface area contributed by atoms with Crippen LogP contribution in [-0.4, -0.2) is 54.5 Å². The minimum Gasteiger partial charge on any atom is -0.339 e. The number of carbonyl (C=O) groups is 2. The van der Waals surface area contributed by atoms with Crippen LogP contribution in [0.2, 0.25) is 0 Å². The number of amides is 3. The zero-order chi connectivity index (χ0) is 15.9. The van der Waals surface area contributed by atoms with Crippen LogP contribution in [0.4, 0.5) is 4.79 Å². The Bertz CT molecular complexity index is 522. The maximum absolute atomic E-state index is 12.3. The molecule has 2 rings (SSSR count). The average Bonchev–Trinajstić information content (AvgIpc) is 2.53. The molecule has 0 radical (unpaired) electrons. The van der Waals surface area contributed by atoms with E-state index in [0.717, 1.165) is 6.42 Å². The van der Waals surface area contributed by atoms with Crippen molar-refractivity contribution in [3.8, 4) is 0 Å². The van der Waals surface area contributed by atoms with Gasteiger partial charge in [0.25, 0.3) is 0 Å². The van der Waals surface area contributed by atoms with Crippen LogP contribution in [0.5, 0.6) is 0 Å². The predicted octanol–water partition coefficient (Wildman–Crippen LogP) is 1.80. The minimum atomic E-state index is -0.0330. The first-order valence-electron chi connectivity index (χ1n) is 7.96. The molecule has 22 heavy (non-hydrogen) atoms. The second-order valence-corrected chi connectivity index (χ2v) is 5.69. The van der Waals surface area contributed by atoms with Crippen LogP contribution in [0.1, 0.15) is 24.5 Å². The van der Waals surface area contributed by atoms with E-state index in [1.807, 2.05) is 17.9 Å². The molecule has 1 aromatic rings. The van der Waals surface area contributed by atoms with Crippen molar-refractivity contribution in [2.45, 2.75) is 26.7 Å². The fraction of sp³-hybridized carbons (Fsp3) is 0.529. The summed E-state index contributed by atoms with van der Waals surface area (Å²) >= 11 is 0. The molecule has 1 N–H and O–H groups in total. The lowest BCUT2D eigenvalue weighted by atomic mass is 10.1. The van der Waals surface area contributed by atoms with Gasteiger partial charge in [-0.3, -0.25) is 4.79 Å². The summed E-state index contributed by atoms with van der Waals surface area (Å²) < 4.78 is 0. The monoisotopic (exact) mass is 303 g/mol. The summed E-state index contributed by atoms with van der Waals surface area (Å²) in [6.07, 6.45) is 1.31. The zero-order valence-electron chi connectivity index (χ0n) is 13.5. The number of aryl methyl sites for hydroxylation is 2. The standard InChI is InChI=1S/C17H25N3O2/c1-3-18-17(22)20-11-9-19(10-12-20)16(21)8-7-15-6-4-5-14(2)13-15/h4-6,13H,3,7-12H2,1-2H3,(H,18,22). The van der Waals surface area contributed by atoms with E-state index in [9.17, 15) is 9.59 Å². The van der Waals surface area contributed by atoms with E-state index in [4.69, 9.17) is 0 Å². The Morgan fingerprint density at radius 2 is 1.82 bits per heavy atom. The number of hydrogen-bond acceptors (Lipinski definition) is 2. The highest BCUT2D eigenvalue weighted by molar-refractivity contribution is 5.78. The van der Waals surface area contributed by atoms with Gasteiger partial charge in [-0.05, 0) is 25.8 Å². The Balaban J connectivity index is 1.76. The Labute approximate surface area is 132 Å². The highest BCUT2D eigenvalue weighted by atomic mass is 16.2. The van der Waals surface area contributed by atoms with Gasteiger partial charge in [0.2, 0.25) is 5.91 Å². The van der Waals surface area contributed by atoms with Crippen molar-refractivity contribution in [1.29, 1.82) is 0 Å². The van der Waals surface area contributed by atoms with Gasteiger partial charge in [-0.25, -0.2) is 4.79 Å². The largest absolute Gasteiger partial charge is 0.339 e. The fourth-order valence-corrected chi connectivity index (χ4v) is 2.70. The van der Waals surface area contributed by atoms with Crippen LogP contribution in [0.15, 0.2) is 24.3 Å². The van der Waals surface area contributed by atoms with E-state index in [0.29, 0.717) is 39.1 Å². The molecule has 1 aliphatic heterocycles. The third-order valence-corrected chi connectivity index (χ3v) is 3.96. The number of urea groups is 1. The number of piperazine rings is 1. The van der Waals surface area contributed by atoms with Crippen LogP contribution in [0, 0.1) is 6.92 Å². The SMILES string of the molecule is CCNC(=O)N1CCN(C(=O)CCc2cccc(C)c2)CC1. The second-order valence-electron chi connectivity index (χ2n) is 5.69. The van der Waals surface area contributed by atoms with Crippen LogP contribution in [-0.2, 0) is 11.2 Å². The number of rotatable bonds is 4. The molecule has 120 valence electrons. The average molecular weight is 303 g/mol. The molecule has 1 fully saturated rings. The van der Waals surface area contributed by atoms with Gasteiger partial charge in [0, 0.05) is 39.1 Å². The van der Waals surface area contributed by atoms with Crippen molar-refractivity contribution in [3.63, 3.8) is 0 Å². The van der Waals surface area contributed by atoms with Gasteiger partial charge in [0.15, 0.2) is 0 Å². The number of hydrogen-bond donors (Lipinski definition) is 1. The van der Waals surface area contributed by atoms with Crippen molar-refractivity contribution in [2.75, 3.05) is 32.7 Å². The van der Waals surface area contributed by atoms with Crippen molar-refractivity contribution in [3.05, 3.63) is 35.4 Å². The van der Waals surface area contributed by atoms with Gasteiger partial charge in [-0.15, -0.1) is 0 Å². The molecule has 1 saturated heterocycles. The minimum absolute atomic E-state index is 0.0330. The van der Waals surface area contributed by atoms with Crippen LogP contribution < -0.4 is 5.32 Å². The first kappa shape index (κ1) is 16.3. The lowest BCUT2D eigenvalue weighted by Crippen LogP contribution is -2.53. The van der Waals surface area contributed by atoms with Crippen LogP contribution in [0.25, 0.3) is 0 Å². The summed E-state index contributed by atoms with van der Waals surface area (Å²) in [7, 11) is 0. The summed E-state index contributed by atoms with van der Waals surface area (Å²) in [6, 6.07) is 8.24. The number of nitrogens with one attached hydrogen (secondary N) is 1. The zero-order valence-corrected chi connectivity index (χ0v) is 13.5. The molecule has 0 unspecified atom stereocenters.